The summed E-state index contributed by atoms with van der Waals surface area (Å²) in [5.41, 5.74) is 0.709. The van der Waals surface area contributed by atoms with E-state index in [2.05, 4.69) is 26.1 Å². The van der Waals surface area contributed by atoms with Crippen LogP contribution in [0.15, 0.2) is 62.4 Å². The summed E-state index contributed by atoms with van der Waals surface area (Å²) in [5.74, 6) is 1.32. The predicted octanol–water partition coefficient (Wildman–Crippen LogP) is 4.93. The van der Waals surface area contributed by atoms with Gasteiger partial charge in [-0.3, -0.25) is 0 Å². The molecule has 0 bridgehead atoms. The van der Waals surface area contributed by atoms with E-state index in [4.69, 9.17) is 4.52 Å². The summed E-state index contributed by atoms with van der Waals surface area (Å²) in [4.78, 5) is 5.43. The molecular formula is C15H10BrFN2OS. The van der Waals surface area contributed by atoms with Crippen molar-refractivity contribution in [1.82, 2.24) is 10.1 Å². The minimum Gasteiger partial charge on any atom is -0.334 e. The highest BCUT2D eigenvalue weighted by Crippen LogP contribution is 2.29. The van der Waals surface area contributed by atoms with E-state index in [0.29, 0.717) is 23.0 Å². The summed E-state index contributed by atoms with van der Waals surface area (Å²) in [5, 5.41) is 3.94. The van der Waals surface area contributed by atoms with E-state index in [9.17, 15) is 4.39 Å². The summed E-state index contributed by atoms with van der Waals surface area (Å²) in [6.07, 6.45) is 0. The van der Waals surface area contributed by atoms with E-state index in [1.807, 2.05) is 24.3 Å². The average Bonchev–Trinajstić information content (AvgIpc) is 2.96. The van der Waals surface area contributed by atoms with Crippen LogP contribution < -0.4 is 0 Å². The van der Waals surface area contributed by atoms with Crippen molar-refractivity contribution in [2.75, 3.05) is 0 Å². The summed E-state index contributed by atoms with van der Waals surface area (Å²) < 4.78 is 19.1. The third-order valence-corrected chi connectivity index (χ3v) is 4.78. The van der Waals surface area contributed by atoms with Crippen LogP contribution in [0.3, 0.4) is 0 Å². The number of nitrogens with zero attached hydrogens (tertiary/aromatic N) is 2. The second kappa shape index (κ2) is 6.41. The van der Waals surface area contributed by atoms with Gasteiger partial charge in [-0.2, -0.15) is 4.98 Å². The molecule has 0 amide bonds. The SMILES string of the molecule is Fc1ccc(-c2nc(CSc3ccccc3Br)no2)cc1. The Hall–Kier alpha value is -1.66. The monoisotopic (exact) mass is 364 g/mol. The van der Waals surface area contributed by atoms with Crippen LogP contribution >= 0.6 is 27.7 Å². The molecule has 0 aliphatic heterocycles. The van der Waals surface area contributed by atoms with Crippen LogP contribution in [0.25, 0.3) is 11.5 Å². The first-order chi connectivity index (χ1) is 10.2. The predicted molar refractivity (Wildman–Crippen MR) is 83.4 cm³/mol. The van der Waals surface area contributed by atoms with Crippen LogP contribution in [0.1, 0.15) is 5.82 Å². The fourth-order valence-electron chi connectivity index (χ4n) is 1.73. The van der Waals surface area contributed by atoms with Gasteiger partial charge < -0.3 is 4.52 Å². The molecule has 2 aromatic carbocycles. The van der Waals surface area contributed by atoms with Gasteiger partial charge in [0.05, 0.1) is 5.75 Å². The van der Waals surface area contributed by atoms with Crippen molar-refractivity contribution >= 4 is 27.7 Å². The van der Waals surface area contributed by atoms with Gasteiger partial charge in [0.25, 0.3) is 5.89 Å². The van der Waals surface area contributed by atoms with Gasteiger partial charge in [-0.25, -0.2) is 4.39 Å². The molecule has 6 heteroatoms. The van der Waals surface area contributed by atoms with Crippen molar-refractivity contribution in [2.24, 2.45) is 0 Å². The molecule has 21 heavy (non-hydrogen) atoms. The van der Waals surface area contributed by atoms with Crippen LogP contribution in [-0.4, -0.2) is 10.1 Å². The van der Waals surface area contributed by atoms with Crippen molar-refractivity contribution in [2.45, 2.75) is 10.6 Å². The highest BCUT2D eigenvalue weighted by molar-refractivity contribution is 9.10. The fourth-order valence-corrected chi connectivity index (χ4v) is 3.14. The lowest BCUT2D eigenvalue weighted by Crippen LogP contribution is -1.85. The molecule has 3 nitrogen and oxygen atoms in total. The third-order valence-electron chi connectivity index (χ3n) is 2.75. The molecule has 1 aromatic heterocycles. The average molecular weight is 365 g/mol. The Kier molecular flexibility index (Phi) is 4.36. The molecule has 106 valence electrons. The van der Waals surface area contributed by atoms with E-state index in [0.717, 1.165) is 9.37 Å². The number of hydrogen-bond acceptors (Lipinski definition) is 4. The lowest BCUT2D eigenvalue weighted by molar-refractivity contribution is 0.425. The van der Waals surface area contributed by atoms with Crippen molar-refractivity contribution < 1.29 is 8.91 Å². The Morgan fingerprint density at radius 1 is 1.10 bits per heavy atom. The third kappa shape index (κ3) is 3.51. The Morgan fingerprint density at radius 3 is 2.62 bits per heavy atom. The van der Waals surface area contributed by atoms with Crippen LogP contribution in [0.5, 0.6) is 0 Å². The largest absolute Gasteiger partial charge is 0.334 e. The molecule has 0 N–H and O–H groups in total. The van der Waals surface area contributed by atoms with Gasteiger partial charge in [-0.1, -0.05) is 17.3 Å². The first-order valence-corrected chi connectivity index (χ1v) is 7.96. The molecule has 0 atom stereocenters. The molecule has 0 saturated heterocycles. The first-order valence-electron chi connectivity index (χ1n) is 6.18. The molecule has 0 saturated carbocycles. The number of halogens is 2. The lowest BCUT2D eigenvalue weighted by atomic mass is 10.2. The fraction of sp³-hybridized carbons (Fsp3) is 0.0667. The highest BCUT2D eigenvalue weighted by atomic mass is 79.9. The number of hydrogen-bond donors (Lipinski definition) is 0. The zero-order valence-electron chi connectivity index (χ0n) is 10.8. The van der Waals surface area contributed by atoms with E-state index in [1.54, 1.807) is 23.9 Å². The lowest BCUT2D eigenvalue weighted by Gasteiger charge is -2.00. The molecule has 0 radical (unpaired) electrons. The van der Waals surface area contributed by atoms with E-state index in [1.165, 1.54) is 12.1 Å². The van der Waals surface area contributed by atoms with E-state index < -0.39 is 0 Å². The minimum atomic E-state index is -0.289. The van der Waals surface area contributed by atoms with Crippen LogP contribution in [-0.2, 0) is 5.75 Å². The smallest absolute Gasteiger partial charge is 0.257 e. The maximum atomic E-state index is 12.9. The first kappa shape index (κ1) is 14.3. The van der Waals surface area contributed by atoms with Gasteiger partial charge in [-0.05, 0) is 52.3 Å². The van der Waals surface area contributed by atoms with Gasteiger partial charge in [0.2, 0.25) is 0 Å². The number of benzene rings is 2. The summed E-state index contributed by atoms with van der Waals surface area (Å²) >= 11 is 5.12. The summed E-state index contributed by atoms with van der Waals surface area (Å²) in [6, 6.07) is 13.9. The topological polar surface area (TPSA) is 38.9 Å². The van der Waals surface area contributed by atoms with Crippen LogP contribution in [0.2, 0.25) is 0 Å². The molecule has 0 aliphatic carbocycles. The van der Waals surface area contributed by atoms with Crippen molar-refractivity contribution in [3.8, 4) is 11.5 Å². The highest BCUT2D eigenvalue weighted by Gasteiger charge is 2.10. The molecule has 0 spiro atoms. The van der Waals surface area contributed by atoms with Crippen molar-refractivity contribution in [1.29, 1.82) is 0 Å². The van der Waals surface area contributed by atoms with Gasteiger partial charge in [-0.15, -0.1) is 11.8 Å². The van der Waals surface area contributed by atoms with Crippen LogP contribution in [0.4, 0.5) is 4.39 Å². The standard InChI is InChI=1S/C15H10BrFN2OS/c16-12-3-1-2-4-13(12)21-9-14-18-15(20-19-14)10-5-7-11(17)8-6-10/h1-8H,9H2. The Morgan fingerprint density at radius 2 is 1.86 bits per heavy atom. The van der Waals surface area contributed by atoms with Crippen molar-refractivity contribution in [3.05, 3.63) is 64.6 Å². The number of rotatable bonds is 4. The maximum Gasteiger partial charge on any atom is 0.257 e. The van der Waals surface area contributed by atoms with Gasteiger partial charge in [0, 0.05) is 14.9 Å². The molecule has 1 heterocycles. The van der Waals surface area contributed by atoms with E-state index in [-0.39, 0.29) is 5.82 Å². The number of aromatic nitrogens is 2. The quantitative estimate of drug-likeness (QED) is 0.615. The van der Waals surface area contributed by atoms with Crippen molar-refractivity contribution in [3.63, 3.8) is 0 Å². The van der Waals surface area contributed by atoms with Gasteiger partial charge >= 0.3 is 0 Å². The van der Waals surface area contributed by atoms with Gasteiger partial charge in [0.1, 0.15) is 5.82 Å². The molecular weight excluding hydrogens is 355 g/mol. The van der Waals surface area contributed by atoms with E-state index >= 15 is 0 Å². The summed E-state index contributed by atoms with van der Waals surface area (Å²) in [7, 11) is 0. The Balaban J connectivity index is 1.71. The Bertz CT molecular complexity index is 745. The normalized spacial score (nSPS) is 10.8. The zero-order chi connectivity index (χ0) is 14.7. The van der Waals surface area contributed by atoms with Gasteiger partial charge in [0.15, 0.2) is 5.82 Å². The molecule has 0 aliphatic rings. The van der Waals surface area contributed by atoms with Crippen LogP contribution in [0, 0.1) is 5.82 Å². The second-order valence-corrected chi connectivity index (χ2v) is 6.11. The zero-order valence-corrected chi connectivity index (χ0v) is 13.2. The maximum absolute atomic E-state index is 12.9. The second-order valence-electron chi connectivity index (χ2n) is 4.24. The molecule has 3 aromatic rings. The minimum absolute atomic E-state index is 0.289. The number of thioether (sulfide) groups is 1. The molecule has 3 rings (SSSR count). The summed E-state index contributed by atoms with van der Waals surface area (Å²) in [6.45, 7) is 0. The molecule has 0 fully saturated rings. The molecule has 0 unspecified atom stereocenters. The Labute approximate surface area is 133 Å².